The molecule has 11 unspecified atom stereocenters. The van der Waals surface area contributed by atoms with E-state index in [0.717, 1.165) is 89.9 Å². The van der Waals surface area contributed by atoms with Gasteiger partial charge >= 0.3 is 11.9 Å². The average Bonchev–Trinajstić information content (AvgIpc) is 3.24. The molecule has 2 aliphatic heterocycles. The number of hydrogen-bond donors (Lipinski definition) is 7. The van der Waals surface area contributed by atoms with Gasteiger partial charge in [0.2, 0.25) is 0 Å². The van der Waals surface area contributed by atoms with Crippen LogP contribution in [0.2, 0.25) is 0 Å². The first-order valence-corrected chi connectivity index (χ1v) is 22.2. The van der Waals surface area contributed by atoms with E-state index in [4.69, 9.17) is 28.4 Å². The highest BCUT2D eigenvalue weighted by atomic mass is 16.7. The van der Waals surface area contributed by atoms with Crippen LogP contribution in [-0.2, 0) is 38.0 Å². The number of carbonyl (C=O) groups excluding carboxylic acids is 2. The van der Waals surface area contributed by atoms with E-state index in [9.17, 15) is 45.3 Å². The van der Waals surface area contributed by atoms with Crippen LogP contribution < -0.4 is 0 Å². The van der Waals surface area contributed by atoms with Crippen molar-refractivity contribution in [3.05, 3.63) is 48.6 Å². The zero-order valence-electron chi connectivity index (χ0n) is 35.9. The molecule has 2 heterocycles. The molecule has 7 N–H and O–H groups in total. The lowest BCUT2D eigenvalue weighted by Gasteiger charge is -2.42. The Hall–Kier alpha value is -2.54. The largest absolute Gasteiger partial charge is 0.462 e. The van der Waals surface area contributed by atoms with Gasteiger partial charge in [0, 0.05) is 12.8 Å². The second-order valence-electron chi connectivity index (χ2n) is 15.5. The molecule has 11 atom stereocenters. The van der Waals surface area contributed by atoms with Crippen LogP contribution >= 0.6 is 0 Å². The zero-order valence-corrected chi connectivity index (χ0v) is 35.9. The molecule has 0 radical (unpaired) electrons. The molecule has 60 heavy (non-hydrogen) atoms. The Balaban J connectivity index is 1.80. The number of rotatable bonds is 32. The molecule has 2 saturated heterocycles. The zero-order chi connectivity index (χ0) is 44.0. The van der Waals surface area contributed by atoms with Crippen LogP contribution in [0.25, 0.3) is 0 Å². The van der Waals surface area contributed by atoms with Gasteiger partial charge in [0.15, 0.2) is 18.7 Å². The van der Waals surface area contributed by atoms with E-state index in [-0.39, 0.29) is 26.1 Å². The fourth-order valence-corrected chi connectivity index (χ4v) is 6.62. The third-order valence-corrected chi connectivity index (χ3v) is 10.3. The summed E-state index contributed by atoms with van der Waals surface area (Å²) in [5, 5.41) is 71.6. The summed E-state index contributed by atoms with van der Waals surface area (Å²) in [6.45, 7) is 2.32. The Morgan fingerprint density at radius 3 is 1.65 bits per heavy atom. The van der Waals surface area contributed by atoms with Gasteiger partial charge in [0.1, 0.15) is 55.4 Å². The first-order chi connectivity index (χ1) is 29.0. The van der Waals surface area contributed by atoms with Crippen molar-refractivity contribution in [3.8, 4) is 0 Å². The number of allylic oxidation sites excluding steroid dienone is 8. The molecule has 2 rings (SSSR count). The molecule has 0 amide bonds. The van der Waals surface area contributed by atoms with Crippen molar-refractivity contribution in [2.45, 2.75) is 197 Å². The molecule has 0 spiro atoms. The quantitative estimate of drug-likeness (QED) is 0.0283. The van der Waals surface area contributed by atoms with Crippen molar-refractivity contribution in [3.63, 3.8) is 0 Å². The lowest BCUT2D eigenvalue weighted by molar-refractivity contribution is -0.332. The maximum absolute atomic E-state index is 12.9. The van der Waals surface area contributed by atoms with Crippen molar-refractivity contribution in [2.24, 2.45) is 0 Å². The van der Waals surface area contributed by atoms with E-state index in [1.54, 1.807) is 0 Å². The van der Waals surface area contributed by atoms with Crippen LogP contribution in [0.5, 0.6) is 0 Å². The highest BCUT2D eigenvalue weighted by Gasteiger charge is 2.47. The van der Waals surface area contributed by atoms with Gasteiger partial charge in [-0.3, -0.25) is 9.59 Å². The lowest BCUT2D eigenvalue weighted by Crippen LogP contribution is -2.61. The highest BCUT2D eigenvalue weighted by Crippen LogP contribution is 2.26. The van der Waals surface area contributed by atoms with E-state index in [1.165, 1.54) is 0 Å². The van der Waals surface area contributed by atoms with Crippen molar-refractivity contribution >= 4 is 11.9 Å². The van der Waals surface area contributed by atoms with E-state index < -0.39 is 92.7 Å². The Morgan fingerprint density at radius 2 is 1.05 bits per heavy atom. The summed E-state index contributed by atoms with van der Waals surface area (Å²) in [7, 11) is 0. The summed E-state index contributed by atoms with van der Waals surface area (Å²) < 4.78 is 33.2. The lowest BCUT2D eigenvalue weighted by atomic mass is 9.98. The molecule has 2 aliphatic rings. The van der Waals surface area contributed by atoms with E-state index in [1.807, 2.05) is 0 Å². The minimum Gasteiger partial charge on any atom is -0.462 e. The number of ether oxygens (including phenoxy) is 6. The highest BCUT2D eigenvalue weighted by molar-refractivity contribution is 5.70. The third-order valence-electron chi connectivity index (χ3n) is 10.3. The Labute approximate surface area is 357 Å². The SMILES string of the molecule is CC/C=C\C/C=C\C/C=C\C/C=C\CCCCCCCCC(=O)OC(COC(=O)CCCCCCC)COC1OC(COC2OC(CO)C(O)C(O)C2O)C(O)C(O)C1O. The predicted octanol–water partition coefficient (Wildman–Crippen LogP) is 4.37. The molecule has 15 heteroatoms. The first-order valence-electron chi connectivity index (χ1n) is 22.2. The van der Waals surface area contributed by atoms with E-state index in [0.29, 0.717) is 12.8 Å². The molecule has 0 saturated carbocycles. The Kier molecular flexibility index (Phi) is 29.5. The molecule has 346 valence electrons. The fourth-order valence-electron chi connectivity index (χ4n) is 6.62. The van der Waals surface area contributed by atoms with Gasteiger partial charge in [-0.1, -0.05) is 114 Å². The number of unbranched alkanes of at least 4 members (excludes halogenated alkanes) is 10. The van der Waals surface area contributed by atoms with Crippen LogP contribution in [0.3, 0.4) is 0 Å². The van der Waals surface area contributed by atoms with Crippen LogP contribution in [0.4, 0.5) is 0 Å². The first kappa shape index (κ1) is 53.6. The maximum Gasteiger partial charge on any atom is 0.306 e. The van der Waals surface area contributed by atoms with E-state index >= 15 is 0 Å². The molecule has 0 aliphatic carbocycles. The van der Waals surface area contributed by atoms with Gasteiger partial charge in [0.05, 0.1) is 19.8 Å². The predicted molar refractivity (Wildman–Crippen MR) is 224 cm³/mol. The summed E-state index contributed by atoms with van der Waals surface area (Å²) in [6.07, 6.45) is 16.4. The van der Waals surface area contributed by atoms with Gasteiger partial charge in [-0.05, 0) is 51.4 Å². The molecular formula is C45H76O15. The maximum atomic E-state index is 12.9. The molecule has 2 fully saturated rings. The second-order valence-corrected chi connectivity index (χ2v) is 15.5. The van der Waals surface area contributed by atoms with Crippen LogP contribution in [-0.4, -0.2) is 142 Å². The van der Waals surface area contributed by atoms with Crippen LogP contribution in [0.1, 0.15) is 129 Å². The smallest absolute Gasteiger partial charge is 0.306 e. The minimum atomic E-state index is -1.77. The van der Waals surface area contributed by atoms with Gasteiger partial charge in [-0.15, -0.1) is 0 Å². The van der Waals surface area contributed by atoms with E-state index in [2.05, 4.69) is 62.5 Å². The van der Waals surface area contributed by atoms with Crippen molar-refractivity contribution in [1.82, 2.24) is 0 Å². The minimum absolute atomic E-state index is 0.147. The van der Waals surface area contributed by atoms with Gasteiger partial charge in [-0.2, -0.15) is 0 Å². The second kappa shape index (κ2) is 33.1. The summed E-state index contributed by atoms with van der Waals surface area (Å²) in [6, 6.07) is 0. The standard InChI is InChI=1S/C45H76O15/c1-3-5-7-9-10-11-12-13-14-15-16-17-18-19-20-21-22-24-26-28-37(48)58-33(30-55-36(47)27-25-23-8-6-4-2)31-56-44-43(54)41(52)39(50)35(60-44)32-57-45-42(53)40(51)38(49)34(29-46)59-45/h5,7,10-11,13-14,16-17,33-35,38-46,49-54H,3-4,6,8-9,12,15,18-32H2,1-2H3/b7-5-,11-10-,14-13-,17-16-. The number of aliphatic hydroxyl groups excluding tert-OH is 7. The van der Waals surface area contributed by atoms with Gasteiger partial charge in [-0.25, -0.2) is 0 Å². The van der Waals surface area contributed by atoms with Crippen molar-refractivity contribution in [1.29, 1.82) is 0 Å². The Bertz CT molecular complexity index is 1240. The Morgan fingerprint density at radius 1 is 0.550 bits per heavy atom. The number of hydrogen-bond acceptors (Lipinski definition) is 15. The van der Waals surface area contributed by atoms with Gasteiger partial charge in [0.25, 0.3) is 0 Å². The monoisotopic (exact) mass is 857 g/mol. The topological polar surface area (TPSA) is 231 Å². The number of aliphatic hydroxyl groups is 7. The van der Waals surface area contributed by atoms with Crippen molar-refractivity contribution < 1.29 is 73.8 Å². The summed E-state index contributed by atoms with van der Waals surface area (Å²) in [4.78, 5) is 25.4. The molecule has 15 nitrogen and oxygen atoms in total. The fraction of sp³-hybridized carbons (Fsp3) is 0.778. The van der Waals surface area contributed by atoms with Gasteiger partial charge < -0.3 is 64.2 Å². The van der Waals surface area contributed by atoms with Crippen molar-refractivity contribution in [2.75, 3.05) is 26.4 Å². The number of esters is 2. The molecule has 0 bridgehead atoms. The summed E-state index contributed by atoms with van der Waals surface area (Å²) in [5.41, 5.74) is 0. The number of carbonyl (C=O) groups is 2. The van der Waals surface area contributed by atoms with Crippen LogP contribution in [0.15, 0.2) is 48.6 Å². The molecule has 0 aromatic carbocycles. The summed E-state index contributed by atoms with van der Waals surface area (Å²) >= 11 is 0. The van der Waals surface area contributed by atoms with Crippen LogP contribution in [0, 0.1) is 0 Å². The third kappa shape index (κ3) is 22.0. The average molecular weight is 857 g/mol. The molecule has 0 aromatic heterocycles. The summed E-state index contributed by atoms with van der Waals surface area (Å²) in [5.74, 6) is -0.961. The molecular weight excluding hydrogens is 780 g/mol. The normalized spacial score (nSPS) is 28.0. The molecule has 0 aromatic rings.